The molecule has 1 aromatic carbocycles. The molecule has 2 N–H and O–H groups in total. The number of rotatable bonds is 6. The molecule has 18 heavy (non-hydrogen) atoms. The van der Waals surface area contributed by atoms with Crippen LogP contribution in [0.2, 0.25) is 0 Å². The van der Waals surface area contributed by atoms with Crippen LogP contribution in [-0.2, 0) is 4.74 Å². The van der Waals surface area contributed by atoms with Gasteiger partial charge in [0.15, 0.2) is 0 Å². The fourth-order valence-electron chi connectivity index (χ4n) is 1.52. The van der Waals surface area contributed by atoms with Crippen LogP contribution >= 0.6 is 15.9 Å². The highest BCUT2D eigenvalue weighted by Gasteiger charge is 2.08. The summed E-state index contributed by atoms with van der Waals surface area (Å²) in [5.41, 5.74) is 1.64. The number of hydrogen-bond acceptors (Lipinski definition) is 3. The van der Waals surface area contributed by atoms with Crippen LogP contribution in [0.5, 0.6) is 0 Å². The number of hydrogen-bond donors (Lipinski definition) is 2. The molecule has 0 aliphatic rings. The molecule has 0 bridgehead atoms. The molecule has 0 fully saturated rings. The Hall–Kier alpha value is -0.910. The normalized spacial score (nSPS) is 12.2. The Labute approximate surface area is 115 Å². The summed E-state index contributed by atoms with van der Waals surface area (Å²) in [5, 5.41) is 12.2. The van der Waals surface area contributed by atoms with Gasteiger partial charge in [-0.05, 0) is 37.1 Å². The Morgan fingerprint density at radius 1 is 1.56 bits per heavy atom. The third kappa shape index (κ3) is 4.76. The summed E-state index contributed by atoms with van der Waals surface area (Å²) in [6, 6.07) is 5.44. The van der Waals surface area contributed by atoms with E-state index in [1.807, 2.05) is 19.1 Å². The van der Waals surface area contributed by atoms with E-state index in [9.17, 15) is 9.90 Å². The maximum Gasteiger partial charge on any atom is 0.251 e. The molecular weight excluding hydrogens is 298 g/mol. The van der Waals surface area contributed by atoms with Gasteiger partial charge >= 0.3 is 0 Å². The standard InChI is InChI=1S/C13H18BrNO3/c1-9-7-10(3-4-12(9)14)13(17)15-6-5-11(16)8-18-2/h3-4,7,11,16H,5-6,8H2,1-2H3,(H,15,17). The maximum absolute atomic E-state index is 11.8. The van der Waals surface area contributed by atoms with Gasteiger partial charge in [0.05, 0.1) is 12.7 Å². The van der Waals surface area contributed by atoms with Crippen molar-refractivity contribution < 1.29 is 14.6 Å². The largest absolute Gasteiger partial charge is 0.391 e. The number of methoxy groups -OCH3 is 1. The first-order valence-corrected chi connectivity index (χ1v) is 6.55. The molecule has 0 aromatic heterocycles. The lowest BCUT2D eigenvalue weighted by molar-refractivity contribution is 0.0587. The van der Waals surface area contributed by atoms with Gasteiger partial charge in [0.25, 0.3) is 5.91 Å². The molecule has 1 atom stereocenters. The van der Waals surface area contributed by atoms with E-state index >= 15 is 0 Å². The molecule has 100 valence electrons. The fraction of sp³-hybridized carbons (Fsp3) is 0.462. The van der Waals surface area contributed by atoms with E-state index in [0.717, 1.165) is 10.0 Å². The van der Waals surface area contributed by atoms with Crippen molar-refractivity contribution in [1.29, 1.82) is 0 Å². The van der Waals surface area contributed by atoms with Crippen LogP contribution < -0.4 is 5.32 Å². The highest BCUT2D eigenvalue weighted by Crippen LogP contribution is 2.16. The van der Waals surface area contributed by atoms with Gasteiger partial charge in [0.2, 0.25) is 0 Å². The summed E-state index contributed by atoms with van der Waals surface area (Å²) in [7, 11) is 1.53. The second kappa shape index (κ2) is 7.51. The number of amides is 1. The van der Waals surface area contributed by atoms with Crippen LogP contribution in [0.25, 0.3) is 0 Å². The van der Waals surface area contributed by atoms with Gasteiger partial charge in [-0.2, -0.15) is 0 Å². The Morgan fingerprint density at radius 2 is 2.28 bits per heavy atom. The first kappa shape index (κ1) is 15.1. The van der Waals surface area contributed by atoms with Crippen molar-refractivity contribution in [2.24, 2.45) is 0 Å². The van der Waals surface area contributed by atoms with Crippen molar-refractivity contribution in [2.45, 2.75) is 19.4 Å². The average molecular weight is 316 g/mol. The van der Waals surface area contributed by atoms with Crippen molar-refractivity contribution in [3.05, 3.63) is 33.8 Å². The smallest absolute Gasteiger partial charge is 0.251 e. The Balaban J connectivity index is 2.43. The average Bonchev–Trinajstić information content (AvgIpc) is 2.33. The number of nitrogens with one attached hydrogen (secondary N) is 1. The predicted octanol–water partition coefficient (Wildman–Crippen LogP) is 1.88. The van der Waals surface area contributed by atoms with E-state index < -0.39 is 6.10 Å². The van der Waals surface area contributed by atoms with E-state index in [2.05, 4.69) is 21.2 Å². The molecule has 1 amide bonds. The lowest BCUT2D eigenvalue weighted by Gasteiger charge is -2.10. The second-order valence-corrected chi connectivity index (χ2v) is 4.97. The van der Waals surface area contributed by atoms with Crippen LogP contribution in [0.15, 0.2) is 22.7 Å². The van der Waals surface area contributed by atoms with Gasteiger partial charge in [-0.25, -0.2) is 0 Å². The first-order valence-electron chi connectivity index (χ1n) is 5.76. The summed E-state index contributed by atoms with van der Waals surface area (Å²) in [6.45, 7) is 2.65. The molecule has 0 heterocycles. The molecule has 1 unspecified atom stereocenters. The number of ether oxygens (including phenoxy) is 1. The molecule has 0 spiro atoms. The fourth-order valence-corrected chi connectivity index (χ4v) is 1.76. The van der Waals surface area contributed by atoms with Gasteiger partial charge in [-0.1, -0.05) is 15.9 Å². The van der Waals surface area contributed by atoms with Crippen LogP contribution in [0, 0.1) is 6.92 Å². The highest BCUT2D eigenvalue weighted by atomic mass is 79.9. The molecular formula is C13H18BrNO3. The van der Waals surface area contributed by atoms with E-state index in [0.29, 0.717) is 18.5 Å². The molecule has 0 saturated heterocycles. The summed E-state index contributed by atoms with van der Waals surface area (Å²) >= 11 is 3.39. The summed E-state index contributed by atoms with van der Waals surface area (Å²) < 4.78 is 5.79. The minimum absolute atomic E-state index is 0.129. The molecule has 0 saturated carbocycles. The lowest BCUT2D eigenvalue weighted by atomic mass is 10.1. The number of carbonyl (C=O) groups is 1. The van der Waals surface area contributed by atoms with Crippen molar-refractivity contribution >= 4 is 21.8 Å². The Kier molecular flexibility index (Phi) is 6.32. The highest BCUT2D eigenvalue weighted by molar-refractivity contribution is 9.10. The maximum atomic E-state index is 11.8. The van der Waals surface area contributed by atoms with E-state index in [4.69, 9.17) is 4.74 Å². The lowest BCUT2D eigenvalue weighted by Crippen LogP contribution is -2.28. The minimum atomic E-state index is -0.540. The summed E-state index contributed by atoms with van der Waals surface area (Å²) in [4.78, 5) is 11.8. The van der Waals surface area contributed by atoms with Gasteiger partial charge in [0, 0.05) is 23.7 Å². The first-order chi connectivity index (χ1) is 8.54. The van der Waals surface area contributed by atoms with E-state index in [-0.39, 0.29) is 12.5 Å². The third-order valence-corrected chi connectivity index (χ3v) is 3.43. The number of aliphatic hydroxyl groups excluding tert-OH is 1. The number of aryl methyl sites for hydroxylation is 1. The zero-order chi connectivity index (χ0) is 13.5. The van der Waals surface area contributed by atoms with Crippen molar-refractivity contribution in [1.82, 2.24) is 5.32 Å². The van der Waals surface area contributed by atoms with E-state index in [1.54, 1.807) is 6.07 Å². The van der Waals surface area contributed by atoms with Crippen molar-refractivity contribution in [2.75, 3.05) is 20.3 Å². The number of carbonyl (C=O) groups excluding carboxylic acids is 1. The number of aliphatic hydroxyl groups is 1. The van der Waals surface area contributed by atoms with Crippen LogP contribution in [-0.4, -0.2) is 37.4 Å². The molecule has 0 aliphatic carbocycles. The quantitative estimate of drug-likeness (QED) is 0.842. The minimum Gasteiger partial charge on any atom is -0.391 e. The topological polar surface area (TPSA) is 58.6 Å². The van der Waals surface area contributed by atoms with Gasteiger partial charge in [0.1, 0.15) is 0 Å². The van der Waals surface area contributed by atoms with Crippen molar-refractivity contribution in [3.8, 4) is 0 Å². The van der Waals surface area contributed by atoms with Crippen molar-refractivity contribution in [3.63, 3.8) is 0 Å². The van der Waals surface area contributed by atoms with Crippen LogP contribution in [0.3, 0.4) is 0 Å². The number of benzene rings is 1. The molecule has 5 heteroatoms. The molecule has 0 radical (unpaired) electrons. The second-order valence-electron chi connectivity index (χ2n) is 4.12. The predicted molar refractivity (Wildman–Crippen MR) is 73.7 cm³/mol. The molecule has 1 aromatic rings. The van der Waals surface area contributed by atoms with E-state index in [1.165, 1.54) is 7.11 Å². The third-order valence-electron chi connectivity index (χ3n) is 2.54. The zero-order valence-corrected chi connectivity index (χ0v) is 12.2. The summed E-state index contributed by atoms with van der Waals surface area (Å²) in [6.07, 6.45) is -0.0586. The van der Waals surface area contributed by atoms with Crippen LogP contribution in [0.4, 0.5) is 0 Å². The molecule has 4 nitrogen and oxygen atoms in total. The van der Waals surface area contributed by atoms with Gasteiger partial charge in [-0.3, -0.25) is 4.79 Å². The molecule has 1 rings (SSSR count). The summed E-state index contributed by atoms with van der Waals surface area (Å²) in [5.74, 6) is -0.129. The Bertz CT molecular complexity index is 409. The Morgan fingerprint density at radius 3 is 2.89 bits per heavy atom. The SMILES string of the molecule is COCC(O)CCNC(=O)c1ccc(Br)c(C)c1. The monoisotopic (exact) mass is 315 g/mol. The van der Waals surface area contributed by atoms with Gasteiger partial charge in [-0.15, -0.1) is 0 Å². The molecule has 0 aliphatic heterocycles. The zero-order valence-electron chi connectivity index (χ0n) is 10.6. The van der Waals surface area contributed by atoms with Crippen LogP contribution in [0.1, 0.15) is 22.3 Å². The number of halogens is 1. The van der Waals surface area contributed by atoms with Gasteiger partial charge < -0.3 is 15.2 Å².